The minimum Gasteiger partial charge on any atom is -0.355 e. The number of hydrogen-bond donors (Lipinski definition) is 1. The molecular formula is C20H28N2O2. The van der Waals surface area contributed by atoms with Gasteiger partial charge in [-0.05, 0) is 43.2 Å². The third-order valence-electron chi connectivity index (χ3n) is 5.31. The van der Waals surface area contributed by atoms with E-state index in [4.69, 9.17) is 0 Å². The van der Waals surface area contributed by atoms with E-state index < -0.39 is 0 Å². The van der Waals surface area contributed by atoms with Crippen molar-refractivity contribution in [3.63, 3.8) is 0 Å². The predicted molar refractivity (Wildman–Crippen MR) is 94.7 cm³/mol. The van der Waals surface area contributed by atoms with Crippen molar-refractivity contribution in [2.45, 2.75) is 51.4 Å². The van der Waals surface area contributed by atoms with Crippen LogP contribution in [0.1, 0.15) is 55.6 Å². The average Bonchev–Trinajstić information content (AvgIpc) is 3.39. The van der Waals surface area contributed by atoms with Gasteiger partial charge in [-0.3, -0.25) is 9.59 Å². The molecule has 4 heteroatoms. The molecule has 0 bridgehead atoms. The van der Waals surface area contributed by atoms with Crippen LogP contribution in [0.15, 0.2) is 24.3 Å². The molecule has 1 aliphatic carbocycles. The largest absolute Gasteiger partial charge is 0.355 e. The molecule has 1 heterocycles. The molecule has 1 saturated heterocycles. The van der Waals surface area contributed by atoms with E-state index in [1.165, 1.54) is 24.0 Å². The van der Waals surface area contributed by atoms with Gasteiger partial charge in [-0.25, -0.2) is 0 Å². The van der Waals surface area contributed by atoms with E-state index >= 15 is 0 Å². The van der Waals surface area contributed by atoms with Crippen LogP contribution < -0.4 is 5.32 Å². The molecule has 1 aliphatic heterocycles. The Balaban J connectivity index is 1.40. The summed E-state index contributed by atoms with van der Waals surface area (Å²) in [5.74, 6) is 0.724. The number of rotatable bonds is 5. The highest BCUT2D eigenvalue weighted by Gasteiger charge is 2.44. The van der Waals surface area contributed by atoms with Crippen molar-refractivity contribution in [2.24, 2.45) is 5.92 Å². The summed E-state index contributed by atoms with van der Waals surface area (Å²) in [5.41, 5.74) is 2.55. The van der Waals surface area contributed by atoms with Crippen molar-refractivity contribution in [3.8, 4) is 0 Å². The SMILES string of the molecule is Cc1ccccc1C1CC1C(=O)NCCC(=O)N1CCCCCC1. The maximum absolute atomic E-state index is 12.3. The van der Waals surface area contributed by atoms with Crippen molar-refractivity contribution in [1.29, 1.82) is 0 Å². The number of carbonyl (C=O) groups is 2. The smallest absolute Gasteiger partial charge is 0.224 e. The number of carbonyl (C=O) groups excluding carboxylic acids is 2. The standard InChI is InChI=1S/C20H28N2O2/c1-15-8-4-5-9-16(15)17-14-18(17)20(24)21-11-10-19(23)22-12-6-2-3-7-13-22/h4-5,8-9,17-18H,2-3,6-7,10-14H2,1H3,(H,21,24). The van der Waals surface area contributed by atoms with Crippen molar-refractivity contribution < 1.29 is 9.59 Å². The first-order valence-corrected chi connectivity index (χ1v) is 9.28. The van der Waals surface area contributed by atoms with Crippen LogP contribution in [0.25, 0.3) is 0 Å². The molecule has 2 unspecified atom stereocenters. The van der Waals surface area contributed by atoms with E-state index in [1.807, 2.05) is 17.0 Å². The average molecular weight is 328 g/mol. The third kappa shape index (κ3) is 4.16. The van der Waals surface area contributed by atoms with E-state index in [0.29, 0.717) is 18.9 Å². The first-order chi connectivity index (χ1) is 11.7. The van der Waals surface area contributed by atoms with Crippen LogP contribution in [0.5, 0.6) is 0 Å². The summed E-state index contributed by atoms with van der Waals surface area (Å²) in [7, 11) is 0. The number of amides is 2. The Morgan fingerprint density at radius 2 is 1.83 bits per heavy atom. The molecule has 2 fully saturated rings. The van der Waals surface area contributed by atoms with Gasteiger partial charge in [0.05, 0.1) is 0 Å². The van der Waals surface area contributed by atoms with E-state index in [9.17, 15) is 9.59 Å². The highest BCUT2D eigenvalue weighted by atomic mass is 16.2. The quantitative estimate of drug-likeness (QED) is 0.903. The first kappa shape index (κ1) is 17.0. The molecule has 2 amide bonds. The molecule has 1 aromatic carbocycles. The summed E-state index contributed by atoms with van der Waals surface area (Å²) in [6, 6.07) is 8.29. The molecule has 0 spiro atoms. The van der Waals surface area contributed by atoms with Gasteiger partial charge in [-0.2, -0.15) is 0 Å². The van der Waals surface area contributed by atoms with Crippen molar-refractivity contribution in [2.75, 3.05) is 19.6 Å². The second-order valence-corrected chi connectivity index (χ2v) is 7.14. The van der Waals surface area contributed by atoms with Crippen molar-refractivity contribution in [1.82, 2.24) is 10.2 Å². The fraction of sp³-hybridized carbons (Fsp3) is 0.600. The van der Waals surface area contributed by atoms with E-state index in [2.05, 4.69) is 24.4 Å². The Morgan fingerprint density at radius 1 is 1.12 bits per heavy atom. The highest BCUT2D eigenvalue weighted by Crippen LogP contribution is 2.48. The fourth-order valence-electron chi connectivity index (χ4n) is 3.73. The molecule has 1 saturated carbocycles. The van der Waals surface area contributed by atoms with Gasteiger partial charge < -0.3 is 10.2 Å². The third-order valence-corrected chi connectivity index (χ3v) is 5.31. The highest BCUT2D eigenvalue weighted by molar-refractivity contribution is 5.84. The molecule has 0 aromatic heterocycles. The van der Waals surface area contributed by atoms with Gasteiger partial charge in [0.2, 0.25) is 11.8 Å². The maximum atomic E-state index is 12.3. The Morgan fingerprint density at radius 3 is 2.54 bits per heavy atom. The zero-order valence-electron chi connectivity index (χ0n) is 14.6. The number of likely N-dealkylation sites (tertiary alicyclic amines) is 1. The molecule has 1 N–H and O–H groups in total. The second-order valence-electron chi connectivity index (χ2n) is 7.14. The normalized spacial score (nSPS) is 23.5. The number of benzene rings is 1. The number of nitrogens with zero attached hydrogens (tertiary/aromatic N) is 1. The summed E-state index contributed by atoms with van der Waals surface area (Å²) in [6.45, 7) is 4.32. The van der Waals surface area contributed by atoms with Gasteiger partial charge in [-0.15, -0.1) is 0 Å². The van der Waals surface area contributed by atoms with Gasteiger partial charge in [0, 0.05) is 32.0 Å². The molecule has 2 aliphatic rings. The number of hydrogen-bond acceptors (Lipinski definition) is 2. The monoisotopic (exact) mass is 328 g/mol. The fourth-order valence-corrected chi connectivity index (χ4v) is 3.73. The second kappa shape index (κ2) is 7.82. The van der Waals surface area contributed by atoms with Crippen LogP contribution in [0, 0.1) is 12.8 Å². The first-order valence-electron chi connectivity index (χ1n) is 9.28. The van der Waals surface area contributed by atoms with Gasteiger partial charge in [0.25, 0.3) is 0 Å². The lowest BCUT2D eigenvalue weighted by atomic mass is 10.0. The van der Waals surface area contributed by atoms with Crippen LogP contribution in [-0.2, 0) is 9.59 Å². The Hall–Kier alpha value is -1.84. The molecule has 2 atom stereocenters. The zero-order chi connectivity index (χ0) is 16.9. The molecule has 130 valence electrons. The number of aryl methyl sites for hydroxylation is 1. The minimum atomic E-state index is 0.0828. The minimum absolute atomic E-state index is 0.0828. The van der Waals surface area contributed by atoms with E-state index in [-0.39, 0.29) is 17.7 Å². The van der Waals surface area contributed by atoms with E-state index in [0.717, 1.165) is 32.4 Å². The lowest BCUT2D eigenvalue weighted by Crippen LogP contribution is -2.35. The molecule has 4 nitrogen and oxygen atoms in total. The van der Waals surface area contributed by atoms with Crippen molar-refractivity contribution >= 4 is 11.8 Å². The Bertz CT molecular complexity index is 591. The topological polar surface area (TPSA) is 49.4 Å². The summed E-state index contributed by atoms with van der Waals surface area (Å²) in [6.07, 6.45) is 6.02. The molecule has 0 radical (unpaired) electrons. The van der Waals surface area contributed by atoms with Crippen LogP contribution in [0.3, 0.4) is 0 Å². The predicted octanol–water partition coefficient (Wildman–Crippen LogP) is 3.01. The van der Waals surface area contributed by atoms with Crippen LogP contribution in [0.4, 0.5) is 0 Å². The van der Waals surface area contributed by atoms with Gasteiger partial charge in [0.1, 0.15) is 0 Å². The van der Waals surface area contributed by atoms with Gasteiger partial charge in [0.15, 0.2) is 0 Å². The lowest BCUT2D eigenvalue weighted by Gasteiger charge is -2.20. The van der Waals surface area contributed by atoms with Crippen LogP contribution >= 0.6 is 0 Å². The van der Waals surface area contributed by atoms with Gasteiger partial charge >= 0.3 is 0 Å². The van der Waals surface area contributed by atoms with Crippen LogP contribution in [0.2, 0.25) is 0 Å². The van der Waals surface area contributed by atoms with Crippen molar-refractivity contribution in [3.05, 3.63) is 35.4 Å². The van der Waals surface area contributed by atoms with Gasteiger partial charge in [-0.1, -0.05) is 37.1 Å². The number of nitrogens with one attached hydrogen (secondary N) is 1. The summed E-state index contributed by atoms with van der Waals surface area (Å²) < 4.78 is 0. The summed E-state index contributed by atoms with van der Waals surface area (Å²) in [4.78, 5) is 26.5. The summed E-state index contributed by atoms with van der Waals surface area (Å²) in [5, 5.41) is 2.96. The Labute approximate surface area is 144 Å². The maximum Gasteiger partial charge on any atom is 0.224 e. The Kier molecular flexibility index (Phi) is 5.54. The lowest BCUT2D eigenvalue weighted by molar-refractivity contribution is -0.131. The molecule has 24 heavy (non-hydrogen) atoms. The summed E-state index contributed by atoms with van der Waals surface area (Å²) >= 11 is 0. The molecule has 3 rings (SSSR count). The zero-order valence-corrected chi connectivity index (χ0v) is 14.6. The van der Waals surface area contributed by atoms with Crippen LogP contribution in [-0.4, -0.2) is 36.3 Å². The molecule has 1 aromatic rings. The van der Waals surface area contributed by atoms with E-state index in [1.54, 1.807) is 0 Å². The molecular weight excluding hydrogens is 300 g/mol.